The minimum atomic E-state index is -0.0656. The maximum atomic E-state index is 11.7. The van der Waals surface area contributed by atoms with Crippen molar-refractivity contribution in [1.29, 1.82) is 0 Å². The third-order valence-electron chi connectivity index (χ3n) is 2.76. The summed E-state index contributed by atoms with van der Waals surface area (Å²) in [5, 5.41) is 1.38. The minimum Gasteiger partial charge on any atom is -0.306 e. The van der Waals surface area contributed by atoms with Gasteiger partial charge in [-0.25, -0.2) is 0 Å². The summed E-state index contributed by atoms with van der Waals surface area (Å²) in [5.74, 6) is 0. The third kappa shape index (κ3) is 0.891. The van der Waals surface area contributed by atoms with Gasteiger partial charge in [0.05, 0.1) is 5.52 Å². The molecule has 3 rings (SSSR count). The quantitative estimate of drug-likeness (QED) is 0.647. The summed E-state index contributed by atoms with van der Waals surface area (Å²) >= 11 is 5.86. The van der Waals surface area contributed by atoms with Crippen molar-refractivity contribution in [2.75, 3.05) is 0 Å². The molecule has 0 spiro atoms. The predicted molar refractivity (Wildman–Crippen MR) is 56.9 cm³/mol. The first-order valence-electron chi connectivity index (χ1n) is 4.58. The average molecular weight is 206 g/mol. The van der Waals surface area contributed by atoms with E-state index in [1.807, 2.05) is 12.1 Å². The highest BCUT2D eigenvalue weighted by molar-refractivity contribution is 6.31. The lowest BCUT2D eigenvalue weighted by molar-refractivity contribution is 0.742. The second kappa shape index (κ2) is 2.61. The molecular weight excluding hydrogens is 198 g/mol. The average Bonchev–Trinajstić information content (AvgIpc) is 2.60. The lowest BCUT2D eigenvalue weighted by Gasteiger charge is -2.03. The molecule has 1 aliphatic rings. The van der Waals surface area contributed by atoms with Crippen LogP contribution in [-0.2, 0) is 13.0 Å². The van der Waals surface area contributed by atoms with Crippen LogP contribution in [0.1, 0.15) is 5.56 Å². The Morgan fingerprint density at radius 2 is 2.21 bits per heavy atom. The molecule has 1 aliphatic heterocycles. The predicted octanol–water partition coefficient (Wildman–Crippen LogP) is 2.21. The number of rotatable bonds is 0. The SMILES string of the molecule is O=c1c(Cl)cc2cccc3c2n1CC3. The molecule has 0 bridgehead atoms. The van der Waals surface area contributed by atoms with Gasteiger partial charge in [-0.05, 0) is 18.1 Å². The number of halogens is 1. The van der Waals surface area contributed by atoms with Crippen LogP contribution in [0.15, 0.2) is 29.1 Å². The second-order valence-corrected chi connectivity index (χ2v) is 3.96. The number of nitrogens with zero attached hydrogens (tertiary/aromatic N) is 1. The molecule has 2 aromatic rings. The largest absolute Gasteiger partial charge is 0.306 e. The standard InChI is InChI=1S/C11H8ClNO/c12-9-6-8-3-1-2-7-4-5-13(10(7)8)11(9)14/h1-3,6H,4-5H2. The molecule has 0 atom stereocenters. The van der Waals surface area contributed by atoms with Crippen LogP contribution in [0.5, 0.6) is 0 Å². The topological polar surface area (TPSA) is 22.0 Å². The Labute approximate surface area is 85.7 Å². The molecule has 0 unspecified atom stereocenters. The van der Waals surface area contributed by atoms with E-state index in [4.69, 9.17) is 11.6 Å². The van der Waals surface area contributed by atoms with Gasteiger partial charge in [-0.2, -0.15) is 0 Å². The number of pyridine rings is 1. The van der Waals surface area contributed by atoms with Gasteiger partial charge in [0.15, 0.2) is 0 Å². The number of hydrogen-bond acceptors (Lipinski definition) is 1. The summed E-state index contributed by atoms with van der Waals surface area (Å²) in [6.45, 7) is 0.759. The van der Waals surface area contributed by atoms with E-state index in [-0.39, 0.29) is 5.56 Å². The fourth-order valence-electron chi connectivity index (χ4n) is 2.13. The Morgan fingerprint density at radius 1 is 1.36 bits per heavy atom. The van der Waals surface area contributed by atoms with Crippen molar-refractivity contribution in [3.05, 3.63) is 45.2 Å². The highest BCUT2D eigenvalue weighted by Gasteiger charge is 2.16. The van der Waals surface area contributed by atoms with Crippen LogP contribution in [0.3, 0.4) is 0 Å². The monoisotopic (exact) mass is 205 g/mol. The Hall–Kier alpha value is -1.28. The van der Waals surface area contributed by atoms with E-state index >= 15 is 0 Å². The summed E-state index contributed by atoms with van der Waals surface area (Å²) in [6, 6.07) is 7.82. The van der Waals surface area contributed by atoms with E-state index in [2.05, 4.69) is 6.07 Å². The van der Waals surface area contributed by atoms with E-state index in [9.17, 15) is 4.79 Å². The van der Waals surface area contributed by atoms with Crippen LogP contribution in [0.2, 0.25) is 5.02 Å². The number of hydrogen-bond donors (Lipinski definition) is 0. The first-order valence-corrected chi connectivity index (χ1v) is 4.96. The lowest BCUT2D eigenvalue weighted by atomic mass is 10.1. The van der Waals surface area contributed by atoms with Crippen LogP contribution < -0.4 is 5.56 Å². The number of aryl methyl sites for hydroxylation is 2. The Morgan fingerprint density at radius 3 is 3.07 bits per heavy atom. The summed E-state index contributed by atoms with van der Waals surface area (Å²) in [7, 11) is 0. The van der Waals surface area contributed by atoms with Crippen LogP contribution >= 0.6 is 11.6 Å². The van der Waals surface area contributed by atoms with Gasteiger partial charge in [-0.3, -0.25) is 4.79 Å². The van der Waals surface area contributed by atoms with Crippen molar-refractivity contribution in [3.8, 4) is 0 Å². The highest BCUT2D eigenvalue weighted by atomic mass is 35.5. The van der Waals surface area contributed by atoms with Crippen molar-refractivity contribution in [3.63, 3.8) is 0 Å². The van der Waals surface area contributed by atoms with Crippen molar-refractivity contribution in [2.24, 2.45) is 0 Å². The highest BCUT2D eigenvalue weighted by Crippen LogP contribution is 2.25. The molecule has 0 radical (unpaired) electrons. The van der Waals surface area contributed by atoms with Crippen LogP contribution in [0, 0.1) is 0 Å². The molecule has 2 nitrogen and oxygen atoms in total. The summed E-state index contributed by atoms with van der Waals surface area (Å²) < 4.78 is 1.77. The normalized spacial score (nSPS) is 13.8. The van der Waals surface area contributed by atoms with E-state index < -0.39 is 0 Å². The molecule has 2 heterocycles. The molecule has 0 aliphatic carbocycles. The van der Waals surface area contributed by atoms with Gasteiger partial charge in [0.25, 0.3) is 5.56 Å². The molecule has 0 saturated carbocycles. The molecule has 0 saturated heterocycles. The third-order valence-corrected chi connectivity index (χ3v) is 3.03. The molecule has 1 aromatic carbocycles. The zero-order chi connectivity index (χ0) is 9.71. The van der Waals surface area contributed by atoms with Crippen LogP contribution in [-0.4, -0.2) is 4.57 Å². The zero-order valence-corrected chi connectivity index (χ0v) is 8.21. The molecule has 14 heavy (non-hydrogen) atoms. The molecule has 3 heteroatoms. The molecule has 0 N–H and O–H groups in total. The maximum absolute atomic E-state index is 11.7. The van der Waals surface area contributed by atoms with Crippen molar-refractivity contribution >= 4 is 22.5 Å². The van der Waals surface area contributed by atoms with Gasteiger partial charge in [-0.1, -0.05) is 29.8 Å². The molecule has 0 fully saturated rings. The van der Waals surface area contributed by atoms with Crippen molar-refractivity contribution < 1.29 is 0 Å². The van der Waals surface area contributed by atoms with E-state index in [1.54, 1.807) is 10.6 Å². The summed E-state index contributed by atoms with van der Waals surface area (Å²) in [4.78, 5) is 11.7. The maximum Gasteiger partial charge on any atom is 0.269 e. The van der Waals surface area contributed by atoms with Gasteiger partial charge in [-0.15, -0.1) is 0 Å². The lowest BCUT2D eigenvalue weighted by Crippen LogP contribution is -2.17. The molecule has 0 amide bonds. The molecule has 70 valence electrons. The molecular formula is C11H8ClNO. The first kappa shape index (κ1) is 8.06. The number of aromatic nitrogens is 1. The smallest absolute Gasteiger partial charge is 0.269 e. The second-order valence-electron chi connectivity index (χ2n) is 3.55. The Balaban J connectivity index is 2.62. The van der Waals surface area contributed by atoms with Crippen LogP contribution in [0.25, 0.3) is 10.9 Å². The minimum absolute atomic E-state index is 0.0656. The Bertz CT molecular complexity index is 586. The van der Waals surface area contributed by atoms with Gasteiger partial charge < -0.3 is 4.57 Å². The van der Waals surface area contributed by atoms with E-state index in [1.165, 1.54) is 5.56 Å². The first-order chi connectivity index (χ1) is 6.77. The van der Waals surface area contributed by atoms with Gasteiger partial charge in [0, 0.05) is 11.9 Å². The van der Waals surface area contributed by atoms with Gasteiger partial charge >= 0.3 is 0 Å². The van der Waals surface area contributed by atoms with Crippen LogP contribution in [0.4, 0.5) is 0 Å². The molecule has 1 aromatic heterocycles. The van der Waals surface area contributed by atoms with E-state index in [0.717, 1.165) is 23.9 Å². The van der Waals surface area contributed by atoms with Crippen molar-refractivity contribution in [2.45, 2.75) is 13.0 Å². The van der Waals surface area contributed by atoms with Crippen molar-refractivity contribution in [1.82, 2.24) is 4.57 Å². The summed E-state index contributed by atoms with van der Waals surface area (Å²) in [5.41, 5.74) is 2.24. The number of benzene rings is 1. The van der Waals surface area contributed by atoms with Gasteiger partial charge in [0.2, 0.25) is 0 Å². The van der Waals surface area contributed by atoms with Gasteiger partial charge in [0.1, 0.15) is 5.02 Å². The summed E-state index contributed by atoms with van der Waals surface area (Å²) in [6.07, 6.45) is 0.937. The fraction of sp³-hybridized carbons (Fsp3) is 0.182. The Kier molecular flexibility index (Phi) is 1.50. The van der Waals surface area contributed by atoms with E-state index in [0.29, 0.717) is 5.02 Å². The zero-order valence-electron chi connectivity index (χ0n) is 7.46. The number of para-hydroxylation sites is 1. The fourth-order valence-corrected chi connectivity index (χ4v) is 2.35.